The molecule has 0 amide bonds. The molecule has 88 valence electrons. The lowest BCUT2D eigenvalue weighted by Gasteiger charge is -2.15. The quantitative estimate of drug-likeness (QED) is 0.903. The molecular weight excluding hydrogens is 245 g/mol. The third kappa shape index (κ3) is 3.11. The molecule has 1 atom stereocenters. The Kier molecular flexibility index (Phi) is 4.09. The molecule has 0 saturated carbocycles. The monoisotopic (exact) mass is 259 g/mol. The summed E-state index contributed by atoms with van der Waals surface area (Å²) in [6.07, 6.45) is 1.07. The van der Waals surface area contributed by atoms with E-state index in [1.807, 2.05) is 12.1 Å². The number of nitrogens with zero attached hydrogens (tertiary/aromatic N) is 1. The number of benzene rings is 1. The maximum absolute atomic E-state index is 9.07. The van der Waals surface area contributed by atoms with Crippen molar-refractivity contribution in [2.24, 2.45) is 5.92 Å². The van der Waals surface area contributed by atoms with E-state index in [0.717, 1.165) is 31.6 Å². The Balaban J connectivity index is 1.99. The molecule has 2 nitrogen and oxygen atoms in total. The topological polar surface area (TPSA) is 23.5 Å². The second-order valence-electron chi connectivity index (χ2n) is 4.35. The number of hydrogen-bond acceptors (Lipinski definition) is 2. The van der Waals surface area contributed by atoms with Crippen LogP contribution in [-0.2, 0) is 6.54 Å². The molecule has 1 saturated heterocycles. The normalized spacial score (nSPS) is 21.6. The fraction of sp³-hybridized carbons (Fsp3) is 0.500. The summed E-state index contributed by atoms with van der Waals surface area (Å²) in [5.41, 5.74) is 1.14. The van der Waals surface area contributed by atoms with Gasteiger partial charge in [-0.1, -0.05) is 23.2 Å². The van der Waals surface area contributed by atoms with E-state index in [-0.39, 0.29) is 6.61 Å². The predicted molar refractivity (Wildman–Crippen MR) is 66.9 cm³/mol. The van der Waals surface area contributed by atoms with Crippen molar-refractivity contribution in [2.45, 2.75) is 13.0 Å². The minimum atomic E-state index is 0.285. The maximum atomic E-state index is 9.07. The molecule has 1 fully saturated rings. The van der Waals surface area contributed by atoms with Crippen LogP contribution >= 0.6 is 23.2 Å². The molecule has 1 heterocycles. The molecule has 0 unspecified atom stereocenters. The van der Waals surface area contributed by atoms with Gasteiger partial charge >= 0.3 is 0 Å². The average Bonchev–Trinajstić information content (AvgIpc) is 2.64. The third-order valence-electron chi connectivity index (χ3n) is 2.96. The molecule has 0 bridgehead atoms. The van der Waals surface area contributed by atoms with Gasteiger partial charge in [-0.15, -0.1) is 0 Å². The summed E-state index contributed by atoms with van der Waals surface area (Å²) in [4.78, 5) is 2.32. The molecule has 16 heavy (non-hydrogen) atoms. The van der Waals surface area contributed by atoms with E-state index in [2.05, 4.69) is 4.90 Å². The summed E-state index contributed by atoms with van der Waals surface area (Å²) in [6.45, 7) is 3.14. The van der Waals surface area contributed by atoms with Crippen LogP contribution in [0, 0.1) is 5.92 Å². The Labute approximate surface area is 106 Å². The Morgan fingerprint density at radius 3 is 2.50 bits per heavy atom. The maximum Gasteiger partial charge on any atom is 0.0471 e. The van der Waals surface area contributed by atoms with Crippen molar-refractivity contribution in [3.05, 3.63) is 33.8 Å². The van der Waals surface area contributed by atoms with Gasteiger partial charge in [-0.05, 0) is 42.6 Å². The summed E-state index contributed by atoms with van der Waals surface area (Å²) >= 11 is 11.9. The molecule has 0 aliphatic carbocycles. The largest absolute Gasteiger partial charge is 0.396 e. The van der Waals surface area contributed by atoms with Gasteiger partial charge in [-0.3, -0.25) is 4.90 Å². The lowest BCUT2D eigenvalue weighted by molar-refractivity contribution is 0.220. The summed E-state index contributed by atoms with van der Waals surface area (Å²) in [7, 11) is 0. The fourth-order valence-electron chi connectivity index (χ4n) is 2.17. The van der Waals surface area contributed by atoms with Crippen LogP contribution in [-0.4, -0.2) is 29.7 Å². The molecule has 1 aromatic carbocycles. The number of aliphatic hydroxyl groups excluding tert-OH is 1. The van der Waals surface area contributed by atoms with Crippen molar-refractivity contribution < 1.29 is 5.11 Å². The van der Waals surface area contributed by atoms with Crippen LogP contribution in [0.5, 0.6) is 0 Å². The van der Waals surface area contributed by atoms with Gasteiger partial charge in [-0.2, -0.15) is 0 Å². The van der Waals surface area contributed by atoms with Crippen LogP contribution in [0.3, 0.4) is 0 Å². The van der Waals surface area contributed by atoms with E-state index in [4.69, 9.17) is 28.3 Å². The SMILES string of the molecule is OC[C@@H]1CCN(Cc2cc(Cl)cc(Cl)c2)C1. The van der Waals surface area contributed by atoms with Crippen molar-refractivity contribution >= 4 is 23.2 Å². The highest BCUT2D eigenvalue weighted by atomic mass is 35.5. The molecule has 1 N–H and O–H groups in total. The van der Waals surface area contributed by atoms with Gasteiger partial charge < -0.3 is 5.11 Å². The minimum Gasteiger partial charge on any atom is -0.396 e. The van der Waals surface area contributed by atoms with Crippen molar-refractivity contribution in [2.75, 3.05) is 19.7 Å². The highest BCUT2D eigenvalue weighted by molar-refractivity contribution is 6.34. The average molecular weight is 260 g/mol. The first-order valence-corrected chi connectivity index (χ1v) is 6.21. The fourth-order valence-corrected chi connectivity index (χ4v) is 2.74. The number of likely N-dealkylation sites (tertiary alicyclic amines) is 1. The lowest BCUT2D eigenvalue weighted by atomic mass is 10.1. The van der Waals surface area contributed by atoms with E-state index >= 15 is 0 Å². The van der Waals surface area contributed by atoms with Crippen molar-refractivity contribution in [1.82, 2.24) is 4.90 Å². The van der Waals surface area contributed by atoms with Crippen LogP contribution in [0.15, 0.2) is 18.2 Å². The van der Waals surface area contributed by atoms with E-state index in [1.165, 1.54) is 0 Å². The van der Waals surface area contributed by atoms with Gasteiger partial charge in [0.2, 0.25) is 0 Å². The summed E-state index contributed by atoms with van der Waals surface area (Å²) in [5.74, 6) is 0.426. The standard InChI is InChI=1S/C12H15Cl2NO/c13-11-3-10(4-12(14)5-11)7-15-2-1-9(6-15)8-16/h3-5,9,16H,1-2,6-8H2/t9-/m1/s1. The first-order chi connectivity index (χ1) is 7.67. The molecular formula is C12H15Cl2NO. The molecule has 0 aromatic heterocycles. The van der Waals surface area contributed by atoms with Crippen molar-refractivity contribution in [1.29, 1.82) is 0 Å². The molecule has 1 aliphatic heterocycles. The zero-order valence-corrected chi connectivity index (χ0v) is 10.5. The van der Waals surface area contributed by atoms with Crippen LogP contribution in [0.1, 0.15) is 12.0 Å². The zero-order chi connectivity index (χ0) is 11.5. The molecule has 0 spiro atoms. The highest BCUT2D eigenvalue weighted by Gasteiger charge is 2.21. The van der Waals surface area contributed by atoms with Gasteiger partial charge in [0.25, 0.3) is 0 Å². The molecule has 1 aliphatic rings. The highest BCUT2D eigenvalue weighted by Crippen LogP contribution is 2.23. The Morgan fingerprint density at radius 2 is 1.94 bits per heavy atom. The summed E-state index contributed by atoms with van der Waals surface area (Å²) in [5, 5.41) is 10.4. The van der Waals surface area contributed by atoms with Gasteiger partial charge in [0, 0.05) is 29.7 Å². The number of hydrogen-bond donors (Lipinski definition) is 1. The second kappa shape index (κ2) is 5.37. The molecule has 4 heteroatoms. The smallest absolute Gasteiger partial charge is 0.0471 e. The minimum absolute atomic E-state index is 0.285. The number of aliphatic hydroxyl groups is 1. The zero-order valence-electron chi connectivity index (χ0n) is 9.00. The van der Waals surface area contributed by atoms with E-state index in [9.17, 15) is 0 Å². The first-order valence-electron chi connectivity index (χ1n) is 5.45. The molecule has 1 aromatic rings. The van der Waals surface area contributed by atoms with Crippen LogP contribution in [0.4, 0.5) is 0 Å². The van der Waals surface area contributed by atoms with E-state index < -0.39 is 0 Å². The second-order valence-corrected chi connectivity index (χ2v) is 5.22. The Morgan fingerprint density at radius 1 is 1.25 bits per heavy atom. The molecule has 0 radical (unpaired) electrons. The number of rotatable bonds is 3. The lowest BCUT2D eigenvalue weighted by Crippen LogP contribution is -2.20. The van der Waals surface area contributed by atoms with Crippen molar-refractivity contribution in [3.63, 3.8) is 0 Å². The predicted octanol–water partition coefficient (Wildman–Crippen LogP) is 2.81. The third-order valence-corrected chi connectivity index (χ3v) is 3.39. The van der Waals surface area contributed by atoms with Gasteiger partial charge in [0.05, 0.1) is 0 Å². The Hall–Kier alpha value is -0.280. The Bertz CT molecular complexity index is 350. The summed E-state index contributed by atoms with van der Waals surface area (Å²) in [6, 6.07) is 5.63. The van der Waals surface area contributed by atoms with Crippen LogP contribution < -0.4 is 0 Å². The van der Waals surface area contributed by atoms with E-state index in [1.54, 1.807) is 6.07 Å². The summed E-state index contributed by atoms with van der Waals surface area (Å²) < 4.78 is 0. The number of halogens is 2. The first kappa shape index (κ1) is 12.2. The van der Waals surface area contributed by atoms with E-state index in [0.29, 0.717) is 16.0 Å². The van der Waals surface area contributed by atoms with Gasteiger partial charge in [0.15, 0.2) is 0 Å². The van der Waals surface area contributed by atoms with Gasteiger partial charge in [-0.25, -0.2) is 0 Å². The van der Waals surface area contributed by atoms with Crippen LogP contribution in [0.2, 0.25) is 10.0 Å². The van der Waals surface area contributed by atoms with Crippen LogP contribution in [0.25, 0.3) is 0 Å². The van der Waals surface area contributed by atoms with Gasteiger partial charge in [0.1, 0.15) is 0 Å². The van der Waals surface area contributed by atoms with Crippen molar-refractivity contribution in [3.8, 4) is 0 Å². The molecule has 2 rings (SSSR count).